The maximum atomic E-state index is 12.9. The first-order valence-electron chi connectivity index (χ1n) is 9.44. The predicted molar refractivity (Wildman–Crippen MR) is 103 cm³/mol. The second-order valence-corrected chi connectivity index (χ2v) is 8.54. The molecule has 0 bridgehead atoms. The molecule has 1 amide bonds. The van der Waals surface area contributed by atoms with Crippen molar-refractivity contribution in [2.45, 2.75) is 62.4 Å². The first-order valence-corrected chi connectivity index (χ1v) is 10.3. The van der Waals surface area contributed by atoms with E-state index >= 15 is 0 Å². The molecular formula is C19H23N5O2S. The fraction of sp³-hybridized carbons (Fsp3) is 0.526. The summed E-state index contributed by atoms with van der Waals surface area (Å²) in [5.41, 5.74) is 2.66. The number of anilines is 1. The Morgan fingerprint density at radius 3 is 2.78 bits per heavy atom. The third-order valence-corrected chi connectivity index (χ3v) is 6.47. The van der Waals surface area contributed by atoms with Crippen LogP contribution in [0.3, 0.4) is 0 Å². The number of carbonyl (C=O) groups is 2. The summed E-state index contributed by atoms with van der Waals surface area (Å²) in [6.45, 7) is 4.15. The fourth-order valence-electron chi connectivity index (χ4n) is 3.97. The molecule has 7 nitrogen and oxygen atoms in total. The average molecular weight is 385 g/mol. The molecule has 1 aliphatic carbocycles. The molecule has 1 aliphatic heterocycles. The number of carbonyl (C=O) groups excluding carboxylic acids is 2. The molecule has 0 N–H and O–H groups in total. The van der Waals surface area contributed by atoms with Gasteiger partial charge in [-0.15, -0.1) is 5.10 Å². The van der Waals surface area contributed by atoms with Gasteiger partial charge in [-0.05, 0) is 60.4 Å². The summed E-state index contributed by atoms with van der Waals surface area (Å²) >= 11 is 1.42. The van der Waals surface area contributed by atoms with E-state index in [0.717, 1.165) is 30.5 Å². The Bertz CT molecular complexity index is 875. The van der Waals surface area contributed by atoms with Crippen LogP contribution in [0, 0.1) is 0 Å². The summed E-state index contributed by atoms with van der Waals surface area (Å²) in [5.74, 6) is 0.0977. The van der Waals surface area contributed by atoms with Crippen molar-refractivity contribution >= 4 is 29.1 Å². The summed E-state index contributed by atoms with van der Waals surface area (Å²) < 4.78 is 1.88. The third kappa shape index (κ3) is 3.50. The number of ketones is 1. The van der Waals surface area contributed by atoms with Gasteiger partial charge >= 0.3 is 0 Å². The van der Waals surface area contributed by atoms with E-state index < -0.39 is 0 Å². The van der Waals surface area contributed by atoms with Crippen molar-refractivity contribution in [2.75, 3.05) is 11.4 Å². The van der Waals surface area contributed by atoms with Gasteiger partial charge in [0, 0.05) is 24.7 Å². The van der Waals surface area contributed by atoms with Crippen LogP contribution >= 0.6 is 11.8 Å². The van der Waals surface area contributed by atoms with Crippen LogP contribution in [0.1, 0.15) is 61.5 Å². The number of thioether (sulfide) groups is 1. The van der Waals surface area contributed by atoms with Crippen molar-refractivity contribution < 1.29 is 9.59 Å². The highest BCUT2D eigenvalue weighted by molar-refractivity contribution is 8.00. The van der Waals surface area contributed by atoms with Crippen molar-refractivity contribution in [3.05, 3.63) is 29.3 Å². The molecule has 0 radical (unpaired) electrons. The number of nitrogens with zero attached hydrogens (tertiary/aromatic N) is 5. The molecular weight excluding hydrogens is 362 g/mol. The van der Waals surface area contributed by atoms with Crippen LogP contribution < -0.4 is 4.90 Å². The molecule has 0 spiro atoms. The minimum atomic E-state index is -0.278. The monoisotopic (exact) mass is 385 g/mol. The third-order valence-electron chi connectivity index (χ3n) is 5.42. The first-order chi connectivity index (χ1) is 13.0. The Morgan fingerprint density at radius 2 is 2.04 bits per heavy atom. The molecule has 1 saturated carbocycles. The van der Waals surface area contributed by atoms with Crippen molar-refractivity contribution in [3.8, 4) is 0 Å². The zero-order valence-electron chi connectivity index (χ0n) is 15.6. The van der Waals surface area contributed by atoms with Gasteiger partial charge < -0.3 is 4.90 Å². The van der Waals surface area contributed by atoms with Crippen LogP contribution in [-0.4, -0.2) is 43.7 Å². The lowest BCUT2D eigenvalue weighted by Gasteiger charge is -2.16. The molecule has 27 heavy (non-hydrogen) atoms. The van der Waals surface area contributed by atoms with E-state index in [4.69, 9.17) is 0 Å². The summed E-state index contributed by atoms with van der Waals surface area (Å²) in [5, 5.41) is 12.5. The second-order valence-electron chi connectivity index (χ2n) is 7.23. The number of hydrogen-bond acceptors (Lipinski definition) is 6. The number of amides is 1. The van der Waals surface area contributed by atoms with Gasteiger partial charge in [0.2, 0.25) is 11.1 Å². The highest BCUT2D eigenvalue weighted by Gasteiger charge is 2.27. The van der Waals surface area contributed by atoms with Crippen molar-refractivity contribution in [3.63, 3.8) is 0 Å². The van der Waals surface area contributed by atoms with Gasteiger partial charge in [0.25, 0.3) is 0 Å². The fourth-order valence-corrected chi connectivity index (χ4v) is 4.91. The smallest absolute Gasteiger partial charge is 0.223 e. The molecule has 1 aromatic carbocycles. The molecule has 2 aromatic rings. The molecule has 2 aliphatic rings. The van der Waals surface area contributed by atoms with Gasteiger partial charge in [-0.3, -0.25) is 9.59 Å². The Morgan fingerprint density at radius 1 is 1.26 bits per heavy atom. The standard InChI is InChI=1S/C19H23N5O2S/c1-12(27-19-20-21-22-24(19)16-5-3-4-6-16)18(26)15-7-8-17-14(11-15)9-10-23(17)13(2)25/h7-8,11-12,16H,3-6,9-10H2,1-2H3. The number of tetrazole rings is 1. The van der Waals surface area contributed by atoms with Crippen LogP contribution in [-0.2, 0) is 11.2 Å². The van der Waals surface area contributed by atoms with Gasteiger partial charge in [-0.25, -0.2) is 4.68 Å². The van der Waals surface area contributed by atoms with Crippen molar-refractivity contribution in [1.29, 1.82) is 0 Å². The molecule has 142 valence electrons. The topological polar surface area (TPSA) is 81.0 Å². The summed E-state index contributed by atoms with van der Waals surface area (Å²) in [7, 11) is 0. The lowest BCUT2D eigenvalue weighted by Crippen LogP contribution is -2.25. The van der Waals surface area contributed by atoms with E-state index in [1.807, 2.05) is 29.8 Å². The zero-order valence-corrected chi connectivity index (χ0v) is 16.4. The largest absolute Gasteiger partial charge is 0.312 e. The summed E-state index contributed by atoms with van der Waals surface area (Å²) in [6.07, 6.45) is 5.39. The van der Waals surface area contributed by atoms with Gasteiger partial charge in [-0.2, -0.15) is 0 Å². The second kappa shape index (κ2) is 7.42. The van der Waals surface area contributed by atoms with Crippen LogP contribution in [0.25, 0.3) is 0 Å². The maximum Gasteiger partial charge on any atom is 0.223 e. The van der Waals surface area contributed by atoms with Gasteiger partial charge in [0.15, 0.2) is 5.78 Å². The van der Waals surface area contributed by atoms with Crippen LogP contribution in [0.2, 0.25) is 0 Å². The highest BCUT2D eigenvalue weighted by Crippen LogP contribution is 2.34. The maximum absolute atomic E-state index is 12.9. The number of fused-ring (bicyclic) bond motifs is 1. The Kier molecular flexibility index (Phi) is 4.99. The highest BCUT2D eigenvalue weighted by atomic mass is 32.2. The number of Topliss-reactive ketones (excluding diaryl/α,β-unsaturated/α-hetero) is 1. The van der Waals surface area contributed by atoms with Crippen molar-refractivity contribution in [2.24, 2.45) is 0 Å². The van der Waals surface area contributed by atoms with E-state index in [1.54, 1.807) is 11.8 Å². The SMILES string of the molecule is CC(=O)N1CCc2cc(C(=O)C(C)Sc3nnnn3C3CCCC3)ccc21. The van der Waals surface area contributed by atoms with E-state index in [2.05, 4.69) is 15.5 Å². The Balaban J connectivity index is 1.49. The molecule has 0 saturated heterocycles. The van der Waals surface area contributed by atoms with Gasteiger partial charge in [0.1, 0.15) is 0 Å². The molecule has 4 rings (SSSR count). The lowest BCUT2D eigenvalue weighted by atomic mass is 10.0. The lowest BCUT2D eigenvalue weighted by molar-refractivity contribution is -0.116. The Hall–Kier alpha value is -2.22. The van der Waals surface area contributed by atoms with E-state index in [9.17, 15) is 9.59 Å². The summed E-state index contributed by atoms with van der Waals surface area (Å²) in [6, 6.07) is 5.98. The predicted octanol–water partition coefficient (Wildman–Crippen LogP) is 3.06. The average Bonchev–Trinajstić information content (AvgIpc) is 3.39. The number of hydrogen-bond donors (Lipinski definition) is 0. The van der Waals surface area contributed by atoms with E-state index in [1.165, 1.54) is 24.6 Å². The normalized spacial score (nSPS) is 17.9. The molecule has 1 atom stereocenters. The van der Waals surface area contributed by atoms with E-state index in [-0.39, 0.29) is 16.9 Å². The van der Waals surface area contributed by atoms with Crippen LogP contribution in [0.4, 0.5) is 5.69 Å². The first kappa shape index (κ1) is 18.2. The minimum absolute atomic E-state index is 0.0375. The molecule has 1 fully saturated rings. The molecule has 8 heteroatoms. The summed E-state index contributed by atoms with van der Waals surface area (Å²) in [4.78, 5) is 26.4. The van der Waals surface area contributed by atoms with Gasteiger partial charge in [-0.1, -0.05) is 24.6 Å². The molecule has 1 unspecified atom stereocenters. The quantitative estimate of drug-likeness (QED) is 0.581. The number of aromatic nitrogens is 4. The van der Waals surface area contributed by atoms with Crippen molar-refractivity contribution in [1.82, 2.24) is 20.2 Å². The molecule has 2 heterocycles. The Labute approximate surface area is 162 Å². The van der Waals surface area contributed by atoms with E-state index in [0.29, 0.717) is 23.3 Å². The number of benzene rings is 1. The molecule has 1 aromatic heterocycles. The van der Waals surface area contributed by atoms with Crippen LogP contribution in [0.15, 0.2) is 23.4 Å². The number of rotatable bonds is 5. The van der Waals surface area contributed by atoms with Gasteiger partial charge in [0.05, 0.1) is 11.3 Å². The minimum Gasteiger partial charge on any atom is -0.312 e. The zero-order chi connectivity index (χ0) is 19.0. The van der Waals surface area contributed by atoms with Crippen LogP contribution in [0.5, 0.6) is 0 Å².